The molecule has 0 unspecified atom stereocenters. The molecule has 4 nitrogen and oxygen atoms in total. The highest BCUT2D eigenvalue weighted by Gasteiger charge is 2.40. The van der Waals surface area contributed by atoms with E-state index in [-0.39, 0.29) is 22.5 Å². The van der Waals surface area contributed by atoms with Crippen LogP contribution in [0.4, 0.5) is 13.2 Å². The largest absolute Gasteiger partial charge is 0.339 e. The van der Waals surface area contributed by atoms with E-state index in [2.05, 4.69) is 0 Å². The van der Waals surface area contributed by atoms with Gasteiger partial charge in [0.05, 0.1) is 22.6 Å². The van der Waals surface area contributed by atoms with E-state index >= 15 is 0 Å². The van der Waals surface area contributed by atoms with Crippen LogP contribution in [-0.2, 0) is 9.84 Å². The number of carbonyl (C=O) groups is 1. The number of benzene rings is 1. The van der Waals surface area contributed by atoms with E-state index in [0.29, 0.717) is 38.8 Å². The summed E-state index contributed by atoms with van der Waals surface area (Å²) in [7, 11) is -2.95. The Bertz CT molecular complexity index is 755. The lowest BCUT2D eigenvalue weighted by Crippen LogP contribution is -2.46. The van der Waals surface area contributed by atoms with E-state index in [4.69, 9.17) is 0 Å². The molecule has 2 fully saturated rings. The number of amides is 1. The number of hydrogen-bond donors (Lipinski definition) is 0. The molecule has 0 radical (unpaired) electrons. The van der Waals surface area contributed by atoms with Crippen LogP contribution in [0, 0.1) is 11.2 Å². The normalized spacial score (nSPS) is 22.3. The predicted molar refractivity (Wildman–Crippen MR) is 86.8 cm³/mol. The van der Waals surface area contributed by atoms with E-state index in [1.807, 2.05) is 0 Å². The first kappa shape index (κ1) is 18.2. The Kier molecular flexibility index (Phi) is 4.83. The number of sulfone groups is 1. The molecule has 0 aromatic heterocycles. The Labute approximate surface area is 144 Å². The summed E-state index contributed by atoms with van der Waals surface area (Å²) in [5.74, 6) is -1.40. The first-order valence-electron chi connectivity index (χ1n) is 8.29. The maximum absolute atomic E-state index is 14.2. The van der Waals surface area contributed by atoms with Crippen molar-refractivity contribution in [3.05, 3.63) is 35.1 Å². The van der Waals surface area contributed by atoms with Crippen molar-refractivity contribution < 1.29 is 26.4 Å². The van der Waals surface area contributed by atoms with Crippen molar-refractivity contribution in [1.29, 1.82) is 0 Å². The molecule has 1 aromatic carbocycles. The number of hydrogen-bond acceptors (Lipinski definition) is 3. The molecule has 3 rings (SSSR count). The van der Waals surface area contributed by atoms with Crippen LogP contribution in [-0.4, -0.2) is 43.8 Å². The van der Waals surface area contributed by atoms with E-state index in [0.717, 1.165) is 6.07 Å². The lowest BCUT2D eigenvalue weighted by Gasteiger charge is -2.44. The van der Waals surface area contributed by atoms with Crippen LogP contribution in [0.3, 0.4) is 0 Å². The van der Waals surface area contributed by atoms with E-state index in [9.17, 15) is 26.4 Å². The Morgan fingerprint density at radius 2 is 1.68 bits per heavy atom. The van der Waals surface area contributed by atoms with Gasteiger partial charge < -0.3 is 4.90 Å². The summed E-state index contributed by atoms with van der Waals surface area (Å²) in [5, 5.41) is 0. The smallest absolute Gasteiger partial charge is 0.266 e. The topological polar surface area (TPSA) is 54.5 Å². The fourth-order valence-electron chi connectivity index (χ4n) is 3.71. The predicted octanol–water partition coefficient (Wildman–Crippen LogP) is 3.19. The highest BCUT2D eigenvalue weighted by atomic mass is 32.2. The molecule has 2 aliphatic rings. The zero-order valence-corrected chi connectivity index (χ0v) is 14.5. The first-order valence-corrected chi connectivity index (χ1v) is 10.1. The highest BCUT2D eigenvalue weighted by Crippen LogP contribution is 2.42. The van der Waals surface area contributed by atoms with Crippen molar-refractivity contribution in [1.82, 2.24) is 4.90 Å². The lowest BCUT2D eigenvalue weighted by molar-refractivity contribution is 0.0547. The number of carbonyl (C=O) groups excluding carboxylic acids is 1. The molecular weight excluding hydrogens is 355 g/mol. The summed E-state index contributed by atoms with van der Waals surface area (Å²) >= 11 is 0. The minimum absolute atomic E-state index is 0.0779. The van der Waals surface area contributed by atoms with Crippen molar-refractivity contribution in [2.24, 2.45) is 5.41 Å². The van der Waals surface area contributed by atoms with Gasteiger partial charge in [-0.05, 0) is 37.2 Å². The summed E-state index contributed by atoms with van der Waals surface area (Å²) < 4.78 is 63.0. The fourth-order valence-corrected chi connectivity index (χ4v) is 5.40. The van der Waals surface area contributed by atoms with Crippen LogP contribution in [0.5, 0.6) is 0 Å². The molecular formula is C17H20F3NO3S. The number of nitrogens with zero attached hydrogens (tertiary/aromatic N) is 1. The van der Waals surface area contributed by atoms with Crippen LogP contribution < -0.4 is 0 Å². The Balaban J connectivity index is 1.69. The first-order chi connectivity index (χ1) is 11.7. The summed E-state index contributed by atoms with van der Waals surface area (Å²) in [4.78, 5) is 14.0. The van der Waals surface area contributed by atoms with Crippen molar-refractivity contribution >= 4 is 15.7 Å². The molecule has 1 aromatic rings. The van der Waals surface area contributed by atoms with Gasteiger partial charge in [0.25, 0.3) is 12.3 Å². The van der Waals surface area contributed by atoms with Gasteiger partial charge in [-0.3, -0.25) is 4.79 Å². The summed E-state index contributed by atoms with van der Waals surface area (Å²) in [6, 6.07) is 3.46. The second-order valence-electron chi connectivity index (χ2n) is 6.95. The number of alkyl halides is 2. The standard InChI is InChI=1S/C17H20F3NO3S/c18-14-12(15(19)20)2-1-3-13(14)16(22)21-8-4-17(5-9-21)6-10-25(23,24)11-7-17/h1-3,15H,4-11H2. The molecule has 8 heteroatoms. The monoisotopic (exact) mass is 375 g/mol. The zero-order valence-electron chi connectivity index (χ0n) is 13.7. The van der Waals surface area contributed by atoms with Gasteiger partial charge in [0.15, 0.2) is 0 Å². The van der Waals surface area contributed by atoms with Crippen molar-refractivity contribution in [3.63, 3.8) is 0 Å². The summed E-state index contributed by atoms with van der Waals surface area (Å²) in [5.41, 5.74) is -1.18. The van der Waals surface area contributed by atoms with Gasteiger partial charge in [-0.1, -0.05) is 12.1 Å². The third kappa shape index (κ3) is 3.68. The van der Waals surface area contributed by atoms with E-state index in [1.54, 1.807) is 0 Å². The van der Waals surface area contributed by atoms with Gasteiger partial charge in [-0.2, -0.15) is 0 Å². The summed E-state index contributed by atoms with van der Waals surface area (Å²) in [6.45, 7) is 0.772. The zero-order chi connectivity index (χ0) is 18.2. The van der Waals surface area contributed by atoms with Crippen LogP contribution in [0.15, 0.2) is 18.2 Å². The van der Waals surface area contributed by atoms with Crippen LogP contribution in [0.1, 0.15) is 48.0 Å². The molecule has 25 heavy (non-hydrogen) atoms. The van der Waals surface area contributed by atoms with E-state index in [1.165, 1.54) is 17.0 Å². The molecule has 0 aliphatic carbocycles. The Morgan fingerprint density at radius 1 is 1.08 bits per heavy atom. The number of piperidine rings is 1. The average molecular weight is 375 g/mol. The highest BCUT2D eigenvalue weighted by molar-refractivity contribution is 7.91. The SMILES string of the molecule is O=C(c1cccc(C(F)F)c1F)N1CCC2(CC1)CCS(=O)(=O)CC2. The Morgan fingerprint density at radius 3 is 2.24 bits per heavy atom. The van der Waals surface area contributed by atoms with Crippen molar-refractivity contribution in [2.45, 2.75) is 32.1 Å². The molecule has 2 aliphatic heterocycles. The molecule has 0 atom stereocenters. The number of likely N-dealkylation sites (tertiary alicyclic amines) is 1. The van der Waals surface area contributed by atoms with Crippen LogP contribution in [0.25, 0.3) is 0 Å². The maximum Gasteiger partial charge on any atom is 0.266 e. The molecule has 0 N–H and O–H groups in total. The molecule has 2 heterocycles. The number of halogens is 3. The van der Waals surface area contributed by atoms with Gasteiger partial charge in [-0.25, -0.2) is 21.6 Å². The van der Waals surface area contributed by atoms with Crippen molar-refractivity contribution in [2.75, 3.05) is 24.6 Å². The van der Waals surface area contributed by atoms with Gasteiger partial charge in [-0.15, -0.1) is 0 Å². The lowest BCUT2D eigenvalue weighted by atomic mass is 9.74. The van der Waals surface area contributed by atoms with Crippen LogP contribution in [0.2, 0.25) is 0 Å². The van der Waals surface area contributed by atoms with Gasteiger partial charge in [0.1, 0.15) is 15.7 Å². The van der Waals surface area contributed by atoms with Crippen LogP contribution >= 0.6 is 0 Å². The molecule has 1 amide bonds. The van der Waals surface area contributed by atoms with Gasteiger partial charge >= 0.3 is 0 Å². The third-order valence-corrected chi connectivity index (χ3v) is 7.14. The minimum atomic E-state index is -2.97. The molecule has 0 saturated carbocycles. The third-order valence-electron chi connectivity index (χ3n) is 5.49. The van der Waals surface area contributed by atoms with E-state index < -0.39 is 33.6 Å². The average Bonchev–Trinajstić information content (AvgIpc) is 2.58. The molecule has 138 valence electrons. The maximum atomic E-state index is 14.2. The van der Waals surface area contributed by atoms with Crippen molar-refractivity contribution in [3.8, 4) is 0 Å². The second-order valence-corrected chi connectivity index (χ2v) is 9.26. The molecule has 1 spiro atoms. The molecule has 2 saturated heterocycles. The van der Waals surface area contributed by atoms with Gasteiger partial charge in [0.2, 0.25) is 0 Å². The Hall–Kier alpha value is -1.57. The molecule has 0 bridgehead atoms. The fraction of sp³-hybridized carbons (Fsp3) is 0.588. The quantitative estimate of drug-likeness (QED) is 0.798. The second kappa shape index (κ2) is 6.63. The summed E-state index contributed by atoms with van der Waals surface area (Å²) in [6.07, 6.45) is -0.477. The van der Waals surface area contributed by atoms with Gasteiger partial charge in [0, 0.05) is 13.1 Å². The minimum Gasteiger partial charge on any atom is -0.339 e. The number of rotatable bonds is 2.